The second-order valence-electron chi connectivity index (χ2n) is 53.1. The molecule has 27 heteroatoms. The van der Waals surface area contributed by atoms with Crippen molar-refractivity contribution < 1.29 is 101 Å². The van der Waals surface area contributed by atoms with E-state index in [4.69, 9.17) is 50.7 Å². The van der Waals surface area contributed by atoms with Gasteiger partial charge in [0.05, 0.1) is 43.9 Å². The summed E-state index contributed by atoms with van der Waals surface area (Å²) < 4.78 is 33.1. The molecule has 36 atom stereocenters. The molecule has 16 fully saturated rings. The zero-order valence-corrected chi connectivity index (χ0v) is 93.1. The van der Waals surface area contributed by atoms with E-state index in [1.54, 1.807) is 83.1 Å². The number of halogens is 1. The van der Waals surface area contributed by atoms with E-state index in [1.165, 1.54) is 142 Å². The molecular weight excluding hydrogens is 1850 g/mol. The van der Waals surface area contributed by atoms with Gasteiger partial charge < -0.3 is 61.4 Å². The minimum absolute atomic E-state index is 0. The van der Waals surface area contributed by atoms with Crippen molar-refractivity contribution in [1.82, 2.24) is 10.6 Å². The summed E-state index contributed by atoms with van der Waals surface area (Å²) in [6.07, 6.45) is 40.3. The largest absolute Gasteiger partial charge is 0.480 e. The number of fused-ring (bicyclic) bond motifs is 20. The zero-order chi connectivity index (χ0) is 105. The Balaban J connectivity index is 0.000000176. The van der Waals surface area contributed by atoms with Crippen molar-refractivity contribution in [2.45, 2.75) is 482 Å². The molecule has 16 aliphatic carbocycles. The van der Waals surface area contributed by atoms with Crippen molar-refractivity contribution in [3.8, 4) is 0 Å². The number of carbonyl (C=O) groups is 14. The van der Waals surface area contributed by atoms with Crippen LogP contribution in [0, 0.1) is 162 Å². The summed E-state index contributed by atoms with van der Waals surface area (Å²) >= 11 is 0. The predicted octanol–water partition coefficient (Wildman–Crippen LogP) is 21.6. The molecule has 0 heterocycles. The van der Waals surface area contributed by atoms with Crippen molar-refractivity contribution in [1.29, 1.82) is 0 Å². The maximum atomic E-state index is 12.6. The number of Topliss-reactive ketones (excluding diaryl/α,β-unsaturated/α-hetero) is 7. The average Bonchev–Trinajstić information content (AvgIpc) is 1.47. The van der Waals surface area contributed by atoms with Gasteiger partial charge in [-0.3, -0.25) is 57.5 Å². The Morgan fingerprint density at radius 2 is 0.528 bits per heavy atom. The fourth-order valence-electron chi connectivity index (χ4n) is 35.4. The van der Waals surface area contributed by atoms with E-state index in [-0.39, 0.29) is 168 Å². The molecule has 16 saturated carbocycles. The maximum absolute atomic E-state index is 12.6. The molecule has 0 unspecified atom stereocenters. The van der Waals surface area contributed by atoms with Crippen LogP contribution >= 0.6 is 12.4 Å². The topological polar surface area (TPSA) is 417 Å². The van der Waals surface area contributed by atoms with Crippen LogP contribution < -0.4 is 27.8 Å². The molecular formula is C117H190ClN5O21. The van der Waals surface area contributed by atoms with E-state index in [2.05, 4.69) is 66.0 Å². The van der Waals surface area contributed by atoms with Gasteiger partial charge in [-0.1, -0.05) is 55.4 Å². The molecule has 26 nitrogen and oxygen atoms in total. The number of hydrogen-bond acceptors (Lipinski definition) is 23. The first-order valence-corrected chi connectivity index (χ1v) is 56.6. The number of ether oxygens (including phenoxy) is 6. The van der Waals surface area contributed by atoms with Crippen molar-refractivity contribution in [3.63, 3.8) is 0 Å². The van der Waals surface area contributed by atoms with Gasteiger partial charge in [0.25, 0.3) is 0 Å². The van der Waals surface area contributed by atoms with Crippen molar-refractivity contribution in [3.05, 3.63) is 0 Å². The lowest BCUT2D eigenvalue weighted by Crippen LogP contribution is -2.54. The lowest BCUT2D eigenvalue weighted by Gasteiger charge is -2.61. The fraction of sp³-hybridized carbons (Fsp3) is 0.880. The third kappa shape index (κ3) is 25.9. The molecule has 0 spiro atoms. The van der Waals surface area contributed by atoms with Crippen LogP contribution in [0.4, 0.5) is 9.59 Å². The Kier molecular flexibility index (Phi) is 38.8. The zero-order valence-electron chi connectivity index (χ0n) is 92.3. The molecule has 816 valence electrons. The third-order valence-corrected chi connectivity index (χ3v) is 42.9. The molecule has 144 heavy (non-hydrogen) atoms. The van der Waals surface area contributed by atoms with E-state index >= 15 is 0 Å². The standard InChI is InChI=1S/C32H51NO6.2C27H43NO4.C23H37NO3.C8H15NO4.ClH/c1-19(33-29(37)39-30(3,4)5)27(35)12-13-28(36)38-22-14-16-31(6)21(18-22)8-9-23-25-11-10-24(20(2)34)32(25,7)17-15-26(23)31;2*1-16(28)24(30)9-10-25(31)32-19-11-13-26(3)18(15-19)5-6-20-22-8-7-21(17(2)29)27(22,4)14-12-23(20)26;1-14(25)18-6-7-19-17-5-4-15-12-16(27-21(26)13-24)8-10-22(15,2)20(17)9-11-23(18,19)3;1-5(6(10)11)9-7(12)13-8(2,3)4;/h19,21-26H,8-18H2,1-7H3,(H,33,37);2*16,18-23H,5-15,28H2,1-4H3;15-20H,4-13,24H2,1-3H3;5H,1-4H3,(H,9,12)(H,10,11);1H/t19-,21-,22+,23-,24+,25-,26-,31-,32+;2*16-,18-,19+,20-,21+,22-,23-,26-,27+;15-,16+,17-,18+,19-,20-,22-,23+;5-;/m00000./s1. The highest BCUT2D eigenvalue weighted by Gasteiger charge is 2.67. The van der Waals surface area contributed by atoms with E-state index in [1.807, 2.05) is 6.92 Å². The predicted molar refractivity (Wildman–Crippen MR) is 555 cm³/mol. The van der Waals surface area contributed by atoms with Gasteiger partial charge in [0.2, 0.25) is 0 Å². The van der Waals surface area contributed by atoms with Crippen molar-refractivity contribution >= 4 is 94.9 Å². The van der Waals surface area contributed by atoms with Gasteiger partial charge in [-0.05, 0) is 466 Å². The summed E-state index contributed by atoms with van der Waals surface area (Å²) in [5.41, 5.74) is 17.5. The van der Waals surface area contributed by atoms with Crippen LogP contribution in [0.2, 0.25) is 0 Å². The Morgan fingerprint density at radius 1 is 0.306 bits per heavy atom. The van der Waals surface area contributed by atoms with Crippen molar-refractivity contribution in [2.75, 3.05) is 6.54 Å². The molecule has 0 bridgehead atoms. The van der Waals surface area contributed by atoms with Gasteiger partial charge in [-0.25, -0.2) is 9.59 Å². The van der Waals surface area contributed by atoms with Gasteiger partial charge in [-0.2, -0.15) is 0 Å². The lowest BCUT2D eigenvalue weighted by molar-refractivity contribution is -0.163. The minimum atomic E-state index is -1.09. The number of carboxylic acid groups (broad SMARTS) is 1. The number of nitrogens with one attached hydrogen (secondary N) is 2. The summed E-state index contributed by atoms with van der Waals surface area (Å²) in [7, 11) is 0. The van der Waals surface area contributed by atoms with Crippen LogP contribution in [0.5, 0.6) is 0 Å². The molecule has 0 aliphatic heterocycles. The molecule has 0 aromatic rings. The average molecular weight is 2040 g/mol. The Morgan fingerprint density at radius 3 is 0.750 bits per heavy atom. The van der Waals surface area contributed by atoms with Crippen LogP contribution in [0.25, 0.3) is 0 Å². The van der Waals surface area contributed by atoms with Gasteiger partial charge in [-0.15, -0.1) is 12.4 Å². The van der Waals surface area contributed by atoms with Crippen LogP contribution in [0.1, 0.15) is 422 Å². The summed E-state index contributed by atoms with van der Waals surface area (Å²) in [5, 5.41) is 13.2. The molecule has 9 N–H and O–H groups in total. The monoisotopic (exact) mass is 2040 g/mol. The number of hydrogen-bond donors (Lipinski definition) is 6. The third-order valence-electron chi connectivity index (χ3n) is 42.9. The van der Waals surface area contributed by atoms with Gasteiger partial charge in [0.1, 0.15) is 76.4 Å². The molecule has 2 amide bonds. The van der Waals surface area contributed by atoms with E-state index < -0.39 is 53.5 Å². The molecule has 0 aromatic heterocycles. The Bertz CT molecular complexity index is 4450. The van der Waals surface area contributed by atoms with Gasteiger partial charge in [0.15, 0.2) is 5.78 Å². The smallest absolute Gasteiger partial charge is 0.408 e. The highest BCUT2D eigenvalue weighted by atomic mass is 35.5. The van der Waals surface area contributed by atoms with Crippen LogP contribution in [0.15, 0.2) is 0 Å². The molecule has 16 rings (SSSR count). The number of amides is 2. The quantitative estimate of drug-likeness (QED) is 0.0386. The maximum Gasteiger partial charge on any atom is 0.408 e. The lowest BCUT2D eigenvalue weighted by atomic mass is 9.44. The SMILES string of the molecule is CC(=O)[C@H]1CC[C@H]2[C@@H]3CC[C@H]4C[C@H](OC(=O)CCC(=O)[C@H](C)N)CC[C@]4(C)[C@H]3CC[C@]12C.CC(=O)[C@H]1CC[C@H]2[C@@H]3CC[C@H]4C[C@H](OC(=O)CCC(=O)[C@H](C)N)CC[C@]4(C)[C@H]3CC[C@]12C.CC(=O)[C@H]1CC[C@H]2[C@@H]3CC[C@H]4C[C@H](OC(=O)CCC(=O)[C@H](C)NC(=O)OC(C)(C)C)CC[C@]4(C)[C@H]3CC[C@]12C.CC(=O)[C@H]1CC[C@H]2[C@@H]3CC[C@H]4C[C@H](OC(=O)CN)CC[C@]4(C)[C@H]3CC[C@]12C.C[C@H](NC(=O)OC(C)(C)C)C(=O)O.Cl. The number of alkyl carbamates (subject to hydrolysis) is 2. The highest BCUT2D eigenvalue weighted by molar-refractivity contribution is 5.90. The van der Waals surface area contributed by atoms with Gasteiger partial charge in [0, 0.05) is 42.9 Å². The summed E-state index contributed by atoms with van der Waals surface area (Å²) in [6, 6.07) is -2.69. The summed E-state index contributed by atoms with van der Waals surface area (Å²) in [5.74, 6) is 11.3. The van der Waals surface area contributed by atoms with Crippen LogP contribution in [0.3, 0.4) is 0 Å². The minimum Gasteiger partial charge on any atom is -0.480 e. The first-order valence-electron chi connectivity index (χ1n) is 56.6. The number of rotatable bonds is 24. The Labute approximate surface area is 868 Å². The number of ketones is 7. The van der Waals surface area contributed by atoms with Crippen LogP contribution in [-0.2, 0) is 86.0 Å². The normalized spacial score (nSPS) is 40.3. The molecule has 0 radical (unpaired) electrons. The number of nitrogens with two attached hydrogens (primary N) is 3. The van der Waals surface area contributed by atoms with Gasteiger partial charge >= 0.3 is 42.0 Å². The first kappa shape index (κ1) is 118. The molecule has 16 aliphatic rings. The number of esters is 4. The second-order valence-corrected chi connectivity index (χ2v) is 53.1. The number of carboxylic acids is 1. The fourth-order valence-corrected chi connectivity index (χ4v) is 35.4. The Hall–Kier alpha value is -6.25. The number of carbonyl (C=O) groups excluding carboxylic acids is 13. The van der Waals surface area contributed by atoms with E-state index in [9.17, 15) is 67.1 Å². The number of aliphatic carboxylic acids is 1. The van der Waals surface area contributed by atoms with Crippen molar-refractivity contribution in [2.24, 2.45) is 179 Å². The molecule has 0 saturated heterocycles. The molecule has 0 aromatic carbocycles. The van der Waals surface area contributed by atoms with E-state index in [0.717, 1.165) is 144 Å². The van der Waals surface area contributed by atoms with E-state index in [0.29, 0.717) is 92.6 Å². The second kappa shape index (κ2) is 47.3. The highest BCUT2D eigenvalue weighted by Crippen LogP contribution is 2.73. The summed E-state index contributed by atoms with van der Waals surface area (Å²) in [6.45, 7) is 43.6. The summed E-state index contributed by atoms with van der Waals surface area (Å²) in [4.78, 5) is 167. The first-order chi connectivity index (χ1) is 66.8. The van der Waals surface area contributed by atoms with Crippen LogP contribution in [-0.4, -0.2) is 154 Å².